The maximum Gasteiger partial charge on any atom is 0.251 e. The fraction of sp³-hybridized carbons (Fsp3) is 0.0526. The number of amides is 2. The first-order valence-electron chi connectivity index (χ1n) is 8.43. The van der Waals surface area contributed by atoms with Crippen LogP contribution in [0, 0.1) is 5.82 Å². The summed E-state index contributed by atoms with van der Waals surface area (Å²) in [7, 11) is 0. The third-order valence-electron chi connectivity index (χ3n) is 3.99. The Labute approximate surface area is 173 Å². The van der Waals surface area contributed by atoms with Crippen molar-refractivity contribution in [3.8, 4) is 11.3 Å². The molecule has 0 fully saturated rings. The summed E-state index contributed by atoms with van der Waals surface area (Å²) in [6.07, 6.45) is 0. The Balaban J connectivity index is 1.41. The van der Waals surface area contributed by atoms with Gasteiger partial charge in [-0.3, -0.25) is 14.9 Å². The van der Waals surface area contributed by atoms with E-state index in [9.17, 15) is 14.0 Å². The first-order valence-corrected chi connectivity index (χ1v) is 9.69. The maximum atomic E-state index is 13.1. The zero-order chi connectivity index (χ0) is 20.4. The van der Waals surface area contributed by atoms with Crippen LogP contribution in [0.25, 0.3) is 16.2 Å². The minimum absolute atomic E-state index is 0.117. The van der Waals surface area contributed by atoms with Gasteiger partial charge in [0.15, 0.2) is 0 Å². The number of hydrogen-bond acceptors (Lipinski definition) is 5. The molecule has 2 N–H and O–H groups in total. The highest BCUT2D eigenvalue weighted by Gasteiger charge is 2.14. The lowest BCUT2D eigenvalue weighted by atomic mass is 10.2. The second kappa shape index (κ2) is 7.98. The van der Waals surface area contributed by atoms with Gasteiger partial charge in [-0.05, 0) is 48.5 Å². The van der Waals surface area contributed by atoms with Crippen molar-refractivity contribution >= 4 is 45.7 Å². The van der Waals surface area contributed by atoms with Crippen LogP contribution in [0.1, 0.15) is 10.4 Å². The third kappa shape index (κ3) is 4.25. The number of hydrogen-bond donors (Lipinski definition) is 2. The van der Waals surface area contributed by atoms with Gasteiger partial charge >= 0.3 is 0 Å². The minimum Gasteiger partial charge on any atom is -0.343 e. The molecule has 0 aliphatic heterocycles. The average molecular weight is 430 g/mol. The van der Waals surface area contributed by atoms with Crippen molar-refractivity contribution in [2.24, 2.45) is 0 Å². The quantitative estimate of drug-likeness (QED) is 0.507. The number of carbonyl (C=O) groups excluding carboxylic acids is 2. The van der Waals surface area contributed by atoms with E-state index in [0.29, 0.717) is 15.5 Å². The lowest BCUT2D eigenvalue weighted by Gasteiger charge is -2.05. The number of fused-ring (bicyclic) bond motifs is 1. The molecule has 2 amide bonds. The number of carbonyl (C=O) groups is 2. The summed E-state index contributed by atoms with van der Waals surface area (Å²) in [5.74, 6) is -1.07. The Hall–Kier alpha value is -3.30. The molecule has 0 aliphatic rings. The van der Waals surface area contributed by atoms with Crippen molar-refractivity contribution in [1.82, 2.24) is 19.9 Å². The second-order valence-corrected chi connectivity index (χ2v) is 7.27. The topological polar surface area (TPSA) is 88.4 Å². The SMILES string of the molecule is O=C(CNC(=O)c1ccc(Cl)cc1)Nc1nc2scc(-c3ccc(F)cc3)n2n1. The molecule has 2 aromatic heterocycles. The monoisotopic (exact) mass is 429 g/mol. The number of nitrogens with one attached hydrogen (secondary N) is 2. The molecule has 0 saturated carbocycles. The Morgan fingerprint density at radius 3 is 2.55 bits per heavy atom. The Bertz CT molecular complexity index is 1190. The van der Waals surface area contributed by atoms with Gasteiger partial charge in [0, 0.05) is 21.5 Å². The molecule has 29 heavy (non-hydrogen) atoms. The van der Waals surface area contributed by atoms with Crippen molar-refractivity contribution < 1.29 is 14.0 Å². The molecule has 0 radical (unpaired) electrons. The standard InChI is InChI=1S/C19H13ClFN5O2S/c20-13-5-1-12(2-6-13)17(28)22-9-16(27)23-18-24-19-26(25-18)15(10-29-19)11-3-7-14(21)8-4-11/h1-8,10H,9H2,(H,22,28)(H,23,25,27). The van der Waals surface area contributed by atoms with Crippen LogP contribution in [0.3, 0.4) is 0 Å². The van der Waals surface area contributed by atoms with Gasteiger partial charge in [-0.25, -0.2) is 8.91 Å². The van der Waals surface area contributed by atoms with Crippen LogP contribution in [0.4, 0.5) is 10.3 Å². The van der Waals surface area contributed by atoms with E-state index in [-0.39, 0.29) is 18.3 Å². The highest BCUT2D eigenvalue weighted by Crippen LogP contribution is 2.26. The zero-order valence-electron chi connectivity index (χ0n) is 14.7. The van der Waals surface area contributed by atoms with E-state index in [1.54, 1.807) is 40.9 Å². The van der Waals surface area contributed by atoms with E-state index in [4.69, 9.17) is 11.6 Å². The lowest BCUT2D eigenvalue weighted by Crippen LogP contribution is -2.33. The molecule has 10 heteroatoms. The highest BCUT2D eigenvalue weighted by atomic mass is 35.5. The Morgan fingerprint density at radius 2 is 1.83 bits per heavy atom. The van der Waals surface area contributed by atoms with Crippen LogP contribution < -0.4 is 10.6 Å². The summed E-state index contributed by atoms with van der Waals surface area (Å²) < 4.78 is 14.7. The molecule has 4 rings (SSSR count). The number of halogens is 2. The zero-order valence-corrected chi connectivity index (χ0v) is 16.3. The van der Waals surface area contributed by atoms with Crippen molar-refractivity contribution in [3.05, 3.63) is 70.3 Å². The van der Waals surface area contributed by atoms with Gasteiger partial charge in [-0.15, -0.1) is 16.4 Å². The van der Waals surface area contributed by atoms with Crippen LogP contribution in [0.15, 0.2) is 53.9 Å². The second-order valence-electron chi connectivity index (χ2n) is 6.00. The summed E-state index contributed by atoms with van der Waals surface area (Å²) >= 11 is 7.13. The molecule has 0 bridgehead atoms. The first kappa shape index (κ1) is 19.0. The van der Waals surface area contributed by atoms with Gasteiger partial charge in [0.25, 0.3) is 11.9 Å². The number of aromatic nitrogens is 3. The van der Waals surface area contributed by atoms with Gasteiger partial charge in [0.05, 0.1) is 12.2 Å². The van der Waals surface area contributed by atoms with E-state index in [1.807, 2.05) is 5.38 Å². The summed E-state index contributed by atoms with van der Waals surface area (Å²) in [4.78, 5) is 29.0. The minimum atomic E-state index is -0.464. The first-order chi connectivity index (χ1) is 14.0. The lowest BCUT2D eigenvalue weighted by molar-refractivity contribution is -0.115. The van der Waals surface area contributed by atoms with Crippen LogP contribution in [0.5, 0.6) is 0 Å². The van der Waals surface area contributed by atoms with E-state index < -0.39 is 11.8 Å². The highest BCUT2D eigenvalue weighted by molar-refractivity contribution is 7.15. The van der Waals surface area contributed by atoms with Gasteiger partial charge < -0.3 is 5.32 Å². The molecule has 2 aromatic carbocycles. The number of benzene rings is 2. The maximum absolute atomic E-state index is 13.1. The van der Waals surface area contributed by atoms with Gasteiger partial charge in [0.1, 0.15) is 5.82 Å². The summed E-state index contributed by atoms with van der Waals surface area (Å²) in [5.41, 5.74) is 1.90. The molecule has 4 aromatic rings. The molecule has 0 saturated heterocycles. The van der Waals surface area contributed by atoms with Crippen LogP contribution in [0.2, 0.25) is 5.02 Å². The molecular formula is C19H13ClFN5O2S. The van der Waals surface area contributed by atoms with Gasteiger partial charge in [-0.1, -0.05) is 11.6 Å². The molecule has 0 spiro atoms. The summed E-state index contributed by atoms with van der Waals surface area (Å²) in [5, 5.41) is 11.7. The van der Waals surface area contributed by atoms with Crippen LogP contribution >= 0.6 is 22.9 Å². The fourth-order valence-corrected chi connectivity index (χ4v) is 3.54. The predicted molar refractivity (Wildman–Crippen MR) is 109 cm³/mol. The van der Waals surface area contributed by atoms with E-state index in [1.165, 1.54) is 23.5 Å². The Kier molecular flexibility index (Phi) is 5.24. The smallest absolute Gasteiger partial charge is 0.251 e. The summed E-state index contributed by atoms with van der Waals surface area (Å²) in [6, 6.07) is 12.3. The van der Waals surface area contributed by atoms with E-state index in [2.05, 4.69) is 20.7 Å². The Morgan fingerprint density at radius 1 is 1.10 bits per heavy atom. The van der Waals surface area contributed by atoms with Gasteiger partial charge in [-0.2, -0.15) is 4.98 Å². The van der Waals surface area contributed by atoms with Crippen LogP contribution in [-0.4, -0.2) is 33.0 Å². The molecule has 2 heterocycles. The van der Waals surface area contributed by atoms with Crippen molar-refractivity contribution in [3.63, 3.8) is 0 Å². The normalized spacial score (nSPS) is 10.8. The van der Waals surface area contributed by atoms with Crippen molar-refractivity contribution in [2.45, 2.75) is 0 Å². The number of thiazole rings is 1. The molecule has 0 atom stereocenters. The van der Waals surface area contributed by atoms with E-state index in [0.717, 1.165) is 11.3 Å². The molecule has 7 nitrogen and oxygen atoms in total. The fourth-order valence-electron chi connectivity index (χ4n) is 2.59. The van der Waals surface area contributed by atoms with Gasteiger partial charge in [0.2, 0.25) is 10.9 Å². The van der Waals surface area contributed by atoms with Crippen LogP contribution in [-0.2, 0) is 4.79 Å². The largest absolute Gasteiger partial charge is 0.343 e. The number of nitrogens with zero attached hydrogens (tertiary/aromatic N) is 3. The summed E-state index contributed by atoms with van der Waals surface area (Å²) in [6.45, 7) is -0.237. The molecule has 0 unspecified atom stereocenters. The average Bonchev–Trinajstić information content (AvgIpc) is 3.27. The number of rotatable bonds is 5. The van der Waals surface area contributed by atoms with E-state index >= 15 is 0 Å². The number of anilines is 1. The van der Waals surface area contributed by atoms with Crippen molar-refractivity contribution in [2.75, 3.05) is 11.9 Å². The molecule has 146 valence electrons. The predicted octanol–water partition coefficient (Wildman–Crippen LogP) is 3.62. The molecular weight excluding hydrogens is 417 g/mol. The third-order valence-corrected chi connectivity index (χ3v) is 5.06. The molecule has 0 aliphatic carbocycles. The van der Waals surface area contributed by atoms with Crippen molar-refractivity contribution in [1.29, 1.82) is 0 Å².